The van der Waals surface area contributed by atoms with Gasteiger partial charge < -0.3 is 10.1 Å². The number of hydrogen-bond acceptors (Lipinski definition) is 15. The minimum absolute atomic E-state index is 0.0464. The lowest BCUT2D eigenvalue weighted by Gasteiger charge is -2.16. The number of aromatic nitrogens is 6. The lowest BCUT2D eigenvalue weighted by atomic mass is 9.91. The molecule has 0 saturated carbocycles. The van der Waals surface area contributed by atoms with Crippen LogP contribution in [-0.2, 0) is 41.4 Å². The number of azo groups is 1. The van der Waals surface area contributed by atoms with Gasteiger partial charge in [-0.25, -0.2) is 19.8 Å². The van der Waals surface area contributed by atoms with E-state index in [4.69, 9.17) is 16.6 Å². The summed E-state index contributed by atoms with van der Waals surface area (Å²) in [5.41, 5.74) is 0.779. The number of anilines is 1. The van der Waals surface area contributed by atoms with Crippen LogP contribution in [0.1, 0.15) is 54.8 Å². The Balaban J connectivity index is 1.20. The topological polar surface area (TPSA) is 279 Å². The molecule has 3 heterocycles. The minimum Gasteiger partial charge on any atom is -0.494 e. The van der Waals surface area contributed by atoms with Crippen LogP contribution in [0, 0.1) is 13.5 Å². The number of carbonyl (C=O) groups excluding carboxylic acids is 1. The van der Waals surface area contributed by atoms with Gasteiger partial charge in [0, 0.05) is 22.4 Å². The highest BCUT2D eigenvalue weighted by Crippen LogP contribution is 2.40. The second-order valence-electron chi connectivity index (χ2n) is 13.6. The number of nitrogens with zero attached hydrogens (tertiary/aromatic N) is 8. The molecule has 0 bridgehead atoms. The maximum Gasteiger partial charge on any atom is 0.296 e. The Morgan fingerprint density at radius 2 is 1.71 bits per heavy atom. The first kappa shape index (κ1) is 42.6. The first-order valence-corrected chi connectivity index (χ1v) is 20.8. The second-order valence-corrected chi connectivity index (χ2v) is 17.1. The summed E-state index contributed by atoms with van der Waals surface area (Å²) in [5.74, 6) is 0.0718. The molecule has 0 spiro atoms. The fraction of sp³-hybridized carbons (Fsp3) is 0.229. The number of aryl methyl sites for hydroxylation is 2. The highest BCUT2D eigenvalue weighted by molar-refractivity contribution is 7.94. The van der Waals surface area contributed by atoms with Crippen LogP contribution in [0.25, 0.3) is 16.2 Å². The van der Waals surface area contributed by atoms with Crippen LogP contribution in [0.4, 0.5) is 22.9 Å². The third-order valence-electron chi connectivity index (χ3n) is 8.36. The Morgan fingerprint density at radius 3 is 2.37 bits per heavy atom. The molecule has 0 aliphatic rings. The third-order valence-corrected chi connectivity index (χ3v) is 10.7. The Morgan fingerprint density at radius 1 is 1.00 bits per heavy atom. The van der Waals surface area contributed by atoms with Crippen LogP contribution in [0.2, 0.25) is 0 Å². The van der Waals surface area contributed by atoms with Crippen molar-refractivity contribution in [1.82, 2.24) is 29.6 Å². The molecule has 3 aromatic carbocycles. The van der Waals surface area contributed by atoms with Crippen molar-refractivity contribution in [2.24, 2.45) is 10.2 Å². The van der Waals surface area contributed by atoms with E-state index < -0.39 is 41.3 Å². The summed E-state index contributed by atoms with van der Waals surface area (Å²) >= 11 is 0.532. The molecule has 0 unspecified atom stereocenters. The van der Waals surface area contributed by atoms with E-state index >= 15 is 0 Å². The van der Waals surface area contributed by atoms with Crippen molar-refractivity contribution in [1.29, 1.82) is 0 Å². The number of nitrogens with one attached hydrogen (secondary N) is 2. The number of fused-ring (bicyclic) bond motifs is 1. The summed E-state index contributed by atoms with van der Waals surface area (Å²) in [4.78, 5) is 20.1. The molecule has 59 heavy (non-hydrogen) atoms. The van der Waals surface area contributed by atoms with Crippen molar-refractivity contribution in [2.45, 2.75) is 60.6 Å². The van der Waals surface area contributed by atoms with Crippen molar-refractivity contribution < 1.29 is 50.1 Å². The van der Waals surface area contributed by atoms with Gasteiger partial charge in [-0.15, -0.1) is 19.7 Å². The van der Waals surface area contributed by atoms with Crippen LogP contribution in [0.3, 0.4) is 0 Å². The van der Waals surface area contributed by atoms with Gasteiger partial charge in [-0.2, -0.15) is 26.6 Å². The monoisotopic (exact) mass is 866 g/mol. The van der Waals surface area contributed by atoms with Gasteiger partial charge in [-0.1, -0.05) is 37.9 Å². The molecule has 6 rings (SSSR count). The molecular weight excluding hydrogens is 833 g/mol. The fourth-order valence-corrected chi connectivity index (χ4v) is 7.42. The van der Waals surface area contributed by atoms with Gasteiger partial charge in [0.05, 0.1) is 47.9 Å². The highest BCUT2D eigenvalue weighted by atomic mass is 32.2. The van der Waals surface area contributed by atoms with Crippen LogP contribution >= 0.6 is 12.0 Å². The molecule has 0 fully saturated rings. The summed E-state index contributed by atoms with van der Waals surface area (Å²) in [7, 11) is -9.42. The van der Waals surface area contributed by atoms with Crippen LogP contribution in [0.5, 0.6) is 5.75 Å². The van der Waals surface area contributed by atoms with E-state index in [1.54, 1.807) is 24.3 Å². The SMILES string of the molecule is [C-]#[N+]c1c(C)nn(-c2cc(SOOO)ccc2S(=O)(=O)O)c1N=Nc1c(C(C)(C)C)[nH]n2nc(CCCOc3ccc(NC(=O)c4ccccc4S(=O)(=O)O)cc3)nc12. The van der Waals surface area contributed by atoms with E-state index in [0.717, 1.165) is 16.8 Å². The van der Waals surface area contributed by atoms with Gasteiger partial charge in [-0.3, -0.25) is 19.0 Å². The summed E-state index contributed by atoms with van der Waals surface area (Å²) in [6, 6.07) is 15.3. The minimum atomic E-state index is -4.81. The molecule has 6 aromatic rings. The summed E-state index contributed by atoms with van der Waals surface area (Å²) in [6.45, 7) is 15.4. The number of benzene rings is 3. The maximum atomic E-state index is 12.7. The number of hydrogen-bond donors (Lipinski definition) is 5. The second kappa shape index (κ2) is 17.1. The fourth-order valence-electron chi connectivity index (χ4n) is 5.69. The average molecular weight is 867 g/mol. The number of rotatable bonds is 15. The molecule has 0 radical (unpaired) electrons. The molecule has 308 valence electrons. The van der Waals surface area contributed by atoms with Crippen molar-refractivity contribution in [2.75, 3.05) is 11.9 Å². The normalized spacial score (nSPS) is 12.3. The number of ether oxygens (including phenoxy) is 1. The molecule has 0 atom stereocenters. The quantitative estimate of drug-likeness (QED) is 0.0132. The van der Waals surface area contributed by atoms with E-state index in [9.17, 15) is 30.7 Å². The molecule has 0 saturated heterocycles. The zero-order chi connectivity index (χ0) is 42.7. The first-order chi connectivity index (χ1) is 27.9. The molecule has 3 aromatic heterocycles. The Hall–Kier alpha value is -6.04. The van der Waals surface area contributed by atoms with Gasteiger partial charge in [0.15, 0.2) is 17.3 Å². The zero-order valence-corrected chi connectivity index (χ0v) is 33.8. The number of aromatic amines is 1. The number of H-pyrrole nitrogens is 1. The third kappa shape index (κ3) is 9.64. The smallest absolute Gasteiger partial charge is 0.296 e. The van der Waals surface area contributed by atoms with Gasteiger partial charge in [0.25, 0.3) is 31.8 Å². The van der Waals surface area contributed by atoms with Crippen LogP contribution in [0.15, 0.2) is 91.6 Å². The van der Waals surface area contributed by atoms with E-state index in [-0.39, 0.29) is 45.6 Å². The largest absolute Gasteiger partial charge is 0.494 e. The maximum absolute atomic E-state index is 12.7. The lowest BCUT2D eigenvalue weighted by molar-refractivity contribution is -0.432. The van der Waals surface area contributed by atoms with Crippen LogP contribution < -0.4 is 10.1 Å². The predicted octanol–water partition coefficient (Wildman–Crippen LogP) is 7.00. The van der Waals surface area contributed by atoms with Gasteiger partial charge >= 0.3 is 0 Å². The number of amides is 1. The molecule has 0 aliphatic heterocycles. The standard InChI is InChI=1S/C35H34N10O11S3/c1-20-29(36-5)33(44(41-20)25-19-23(57-56-55-47)16-17-27(25)59(51,52)53)40-39-30-31(35(2,3)4)43-45-32(30)38-28(42-45)11-8-18-54-22-14-12-21(13-15-22)37-34(46)24-9-6-7-10-26(24)58(48,49)50/h6-7,9-10,12-17,19,43,47H,8,11,18H2,1-4H3,(H,37,46)(H,48,49,50)(H,51,52,53). The Kier molecular flexibility index (Phi) is 12.3. The summed E-state index contributed by atoms with van der Waals surface area (Å²) in [5, 5.41) is 35.8. The lowest BCUT2D eigenvalue weighted by Crippen LogP contribution is -2.16. The predicted molar refractivity (Wildman–Crippen MR) is 210 cm³/mol. The van der Waals surface area contributed by atoms with E-state index in [1.807, 2.05) is 20.8 Å². The van der Waals surface area contributed by atoms with Crippen LogP contribution in [-0.4, -0.2) is 73.3 Å². The van der Waals surface area contributed by atoms with E-state index in [2.05, 4.69) is 50.0 Å². The van der Waals surface area contributed by atoms with Gasteiger partial charge in [0.2, 0.25) is 5.65 Å². The van der Waals surface area contributed by atoms with Crippen molar-refractivity contribution in [3.63, 3.8) is 0 Å². The molecular formula is C35H34N10O11S3. The highest BCUT2D eigenvalue weighted by Gasteiger charge is 2.28. The van der Waals surface area contributed by atoms with Crippen molar-refractivity contribution >= 4 is 66.7 Å². The molecule has 1 amide bonds. The van der Waals surface area contributed by atoms with E-state index in [0.29, 0.717) is 53.5 Å². The molecule has 0 aliphatic carbocycles. The first-order valence-electron chi connectivity index (χ1n) is 17.1. The zero-order valence-electron chi connectivity index (χ0n) is 31.4. The van der Waals surface area contributed by atoms with Gasteiger partial charge in [-0.05, 0) is 67.9 Å². The summed E-state index contributed by atoms with van der Waals surface area (Å²) in [6.07, 6.45) is 0.890. The Labute approximate surface area is 340 Å². The molecule has 24 heteroatoms. The number of carbonyl (C=O) groups is 1. The van der Waals surface area contributed by atoms with E-state index in [1.165, 1.54) is 41.9 Å². The van der Waals surface area contributed by atoms with Crippen molar-refractivity contribution in [3.05, 3.63) is 101 Å². The average Bonchev–Trinajstić information content (AvgIpc) is 3.84. The molecule has 21 nitrogen and oxygen atoms in total. The molecule has 5 N–H and O–H groups in total. The summed E-state index contributed by atoms with van der Waals surface area (Å²) < 4.78 is 80.4. The van der Waals surface area contributed by atoms with Crippen molar-refractivity contribution in [3.8, 4) is 11.4 Å². The van der Waals surface area contributed by atoms with Gasteiger partial charge in [0.1, 0.15) is 15.5 Å². The Bertz CT molecular complexity index is 2840.